The lowest BCUT2D eigenvalue weighted by Crippen LogP contribution is -2.55. The highest BCUT2D eigenvalue weighted by molar-refractivity contribution is 6.03. The number of benzene rings is 1. The molecule has 0 unspecified atom stereocenters. The number of carbonyl (C=O) groups excluding carboxylic acids is 2. The first kappa shape index (κ1) is 21.3. The highest BCUT2D eigenvalue weighted by atomic mass is 19.3. The summed E-state index contributed by atoms with van der Waals surface area (Å²) in [6, 6.07) is 9.85. The molecule has 0 spiro atoms. The number of aliphatic hydroxyl groups is 1. The van der Waals surface area contributed by atoms with Gasteiger partial charge in [-0.2, -0.15) is 0 Å². The summed E-state index contributed by atoms with van der Waals surface area (Å²) in [5, 5.41) is 20.1. The van der Waals surface area contributed by atoms with Gasteiger partial charge in [-0.25, -0.2) is 13.8 Å². The van der Waals surface area contributed by atoms with E-state index in [4.69, 9.17) is 15.9 Å². The summed E-state index contributed by atoms with van der Waals surface area (Å²) in [5.41, 5.74) is 5.64. The second-order valence-electron chi connectivity index (χ2n) is 6.43. The Kier molecular flexibility index (Phi) is 6.33. The summed E-state index contributed by atoms with van der Waals surface area (Å²) in [5.74, 6) is -1.81. The number of ether oxygens (including phenoxy) is 1. The Balaban J connectivity index is 1.71. The number of anilines is 2. The number of hydrogen-bond acceptors (Lipinski definition) is 6. The van der Waals surface area contributed by atoms with Crippen LogP contribution in [0, 0.1) is 5.41 Å². The Morgan fingerprint density at radius 3 is 2.63 bits per heavy atom. The van der Waals surface area contributed by atoms with Gasteiger partial charge in [0.15, 0.2) is 12.2 Å². The normalized spacial score (nSPS) is 17.7. The molecule has 3 rings (SSSR count). The van der Waals surface area contributed by atoms with Gasteiger partial charge in [0.25, 0.3) is 18.2 Å². The van der Waals surface area contributed by atoms with Crippen LogP contribution in [0.25, 0.3) is 0 Å². The number of aromatic nitrogens is 1. The Labute approximate surface area is 170 Å². The zero-order valence-corrected chi connectivity index (χ0v) is 15.6. The molecule has 9 nitrogen and oxygen atoms in total. The van der Waals surface area contributed by atoms with Crippen molar-refractivity contribution in [1.29, 1.82) is 5.41 Å². The van der Waals surface area contributed by atoms with E-state index in [1.54, 1.807) is 0 Å². The van der Waals surface area contributed by atoms with Crippen LogP contribution in [0.3, 0.4) is 0 Å². The van der Waals surface area contributed by atoms with Crippen LogP contribution in [0.5, 0.6) is 0 Å². The Morgan fingerprint density at radius 1 is 1.30 bits per heavy atom. The Morgan fingerprint density at radius 2 is 2.00 bits per heavy atom. The van der Waals surface area contributed by atoms with Gasteiger partial charge in [-0.3, -0.25) is 19.9 Å². The van der Waals surface area contributed by atoms with E-state index in [0.29, 0.717) is 11.3 Å². The van der Waals surface area contributed by atoms with Gasteiger partial charge in [0.2, 0.25) is 0 Å². The Hall–Kier alpha value is -3.44. The number of halogens is 2. The first-order chi connectivity index (χ1) is 14.3. The maximum absolute atomic E-state index is 12.9. The lowest BCUT2D eigenvalue weighted by Gasteiger charge is -2.33. The molecule has 2 heterocycles. The first-order valence-corrected chi connectivity index (χ1v) is 8.89. The molecule has 1 saturated heterocycles. The smallest absolute Gasteiger partial charge is 0.280 e. The maximum atomic E-state index is 12.9. The van der Waals surface area contributed by atoms with Crippen LogP contribution in [0.15, 0.2) is 42.5 Å². The second kappa shape index (κ2) is 8.93. The van der Waals surface area contributed by atoms with Gasteiger partial charge in [-0.05, 0) is 36.4 Å². The van der Waals surface area contributed by atoms with Gasteiger partial charge in [0.1, 0.15) is 17.3 Å². The van der Waals surface area contributed by atoms with Crippen LogP contribution >= 0.6 is 0 Å². The predicted octanol–water partition coefficient (Wildman–Crippen LogP) is 1.03. The van der Waals surface area contributed by atoms with Crippen molar-refractivity contribution in [2.24, 2.45) is 5.73 Å². The molecule has 1 aliphatic rings. The molecule has 1 aliphatic heterocycles. The number of amides is 2. The zero-order chi connectivity index (χ0) is 21.8. The molecule has 1 fully saturated rings. The van der Waals surface area contributed by atoms with E-state index in [-0.39, 0.29) is 24.8 Å². The molecule has 2 amide bonds. The minimum Gasteiger partial charge on any atom is -0.384 e. The molecule has 1 aromatic carbocycles. The van der Waals surface area contributed by atoms with E-state index < -0.39 is 36.1 Å². The molecule has 30 heavy (non-hydrogen) atoms. The van der Waals surface area contributed by atoms with Gasteiger partial charge >= 0.3 is 0 Å². The van der Waals surface area contributed by atoms with E-state index in [1.807, 2.05) is 0 Å². The lowest BCUT2D eigenvalue weighted by atomic mass is 10.1. The van der Waals surface area contributed by atoms with Crippen molar-refractivity contribution in [2.75, 3.05) is 23.4 Å². The molecule has 1 aromatic heterocycles. The van der Waals surface area contributed by atoms with Gasteiger partial charge in [0.05, 0.1) is 13.2 Å². The molecular weight excluding hydrogens is 400 g/mol. The van der Waals surface area contributed by atoms with Crippen molar-refractivity contribution in [3.63, 3.8) is 0 Å². The molecule has 158 valence electrons. The largest absolute Gasteiger partial charge is 0.384 e. The average molecular weight is 419 g/mol. The van der Waals surface area contributed by atoms with Crippen LogP contribution in [-0.4, -0.2) is 53.1 Å². The number of alkyl halides is 2. The minimum absolute atomic E-state index is 0.0153. The maximum Gasteiger partial charge on any atom is 0.280 e. The average Bonchev–Trinajstić information content (AvgIpc) is 2.73. The van der Waals surface area contributed by atoms with Crippen molar-refractivity contribution in [3.05, 3.63) is 53.7 Å². The second-order valence-corrected chi connectivity index (χ2v) is 6.43. The Bertz CT molecular complexity index is 954. The fraction of sp³-hybridized carbons (Fsp3) is 0.263. The standard InChI is InChI=1S/C19H19F2N5O4/c20-16(21)12-2-1-3-13(25-12)26-8-9-30-15(19(26)29)14(27)18(28)24-11-6-4-10(5-7-11)17(22)23/h1-7,14-16,27H,8-9H2,(H3,22,23)(H,24,28)/t14-,15-/m1/s1. The third-order valence-electron chi connectivity index (χ3n) is 4.40. The number of morpholine rings is 1. The fourth-order valence-electron chi connectivity index (χ4n) is 2.86. The number of nitrogen functional groups attached to an aromatic ring is 1. The number of nitrogens with two attached hydrogens (primary N) is 1. The molecule has 0 saturated carbocycles. The quantitative estimate of drug-likeness (QED) is 0.407. The van der Waals surface area contributed by atoms with E-state index in [9.17, 15) is 23.5 Å². The molecule has 2 aromatic rings. The number of hydrogen-bond donors (Lipinski definition) is 4. The van der Waals surface area contributed by atoms with Gasteiger partial charge in [-0.1, -0.05) is 6.07 Å². The lowest BCUT2D eigenvalue weighted by molar-refractivity contribution is -0.150. The van der Waals surface area contributed by atoms with Crippen molar-refractivity contribution in [2.45, 2.75) is 18.6 Å². The molecule has 0 radical (unpaired) electrons. The zero-order valence-electron chi connectivity index (χ0n) is 15.6. The molecule has 5 N–H and O–H groups in total. The molecule has 0 bridgehead atoms. The number of rotatable bonds is 6. The third-order valence-corrected chi connectivity index (χ3v) is 4.40. The minimum atomic E-state index is -2.80. The van der Waals surface area contributed by atoms with Gasteiger partial charge in [0, 0.05) is 11.3 Å². The van der Waals surface area contributed by atoms with Crippen molar-refractivity contribution >= 4 is 29.2 Å². The number of nitrogens with zero attached hydrogens (tertiary/aromatic N) is 2. The van der Waals surface area contributed by atoms with Crippen molar-refractivity contribution in [3.8, 4) is 0 Å². The van der Waals surface area contributed by atoms with E-state index >= 15 is 0 Å². The van der Waals surface area contributed by atoms with Crippen LogP contribution in [0.4, 0.5) is 20.3 Å². The molecule has 2 atom stereocenters. The summed E-state index contributed by atoms with van der Waals surface area (Å²) in [6.07, 6.45) is -6.17. The highest BCUT2D eigenvalue weighted by Crippen LogP contribution is 2.23. The summed E-state index contributed by atoms with van der Waals surface area (Å²) in [4.78, 5) is 30.0. The van der Waals surface area contributed by atoms with Gasteiger partial charge < -0.3 is 20.9 Å². The van der Waals surface area contributed by atoms with Gasteiger partial charge in [-0.15, -0.1) is 0 Å². The summed E-state index contributed by atoms with van der Waals surface area (Å²) in [7, 11) is 0. The SMILES string of the molecule is N=C(N)c1ccc(NC(=O)[C@H](O)[C@H]2OCCN(c3cccc(C(F)F)n3)C2=O)cc1. The monoisotopic (exact) mass is 419 g/mol. The van der Waals surface area contributed by atoms with E-state index in [2.05, 4.69) is 10.3 Å². The number of carbonyl (C=O) groups is 2. The van der Waals surface area contributed by atoms with Crippen LogP contribution in [0.2, 0.25) is 0 Å². The summed E-state index contributed by atoms with van der Waals surface area (Å²) >= 11 is 0. The number of amidine groups is 1. The van der Waals surface area contributed by atoms with Crippen LogP contribution < -0.4 is 16.0 Å². The van der Waals surface area contributed by atoms with Crippen molar-refractivity contribution in [1.82, 2.24) is 4.98 Å². The fourth-order valence-corrected chi connectivity index (χ4v) is 2.86. The predicted molar refractivity (Wildman–Crippen MR) is 103 cm³/mol. The summed E-state index contributed by atoms with van der Waals surface area (Å²) < 4.78 is 31.1. The molecule has 11 heteroatoms. The number of pyridine rings is 1. The third kappa shape index (κ3) is 4.58. The number of nitrogens with one attached hydrogen (secondary N) is 2. The van der Waals surface area contributed by atoms with Crippen LogP contribution in [-0.2, 0) is 14.3 Å². The van der Waals surface area contributed by atoms with Crippen LogP contribution in [0.1, 0.15) is 17.7 Å². The van der Waals surface area contributed by atoms with E-state index in [1.165, 1.54) is 36.4 Å². The molecular formula is C19H19F2N5O4. The van der Waals surface area contributed by atoms with Crippen molar-refractivity contribution < 1.29 is 28.2 Å². The first-order valence-electron chi connectivity index (χ1n) is 8.89. The topological polar surface area (TPSA) is 142 Å². The molecule has 0 aliphatic carbocycles. The highest BCUT2D eigenvalue weighted by Gasteiger charge is 2.39. The number of aliphatic hydroxyl groups excluding tert-OH is 1. The summed E-state index contributed by atoms with van der Waals surface area (Å²) in [6.45, 7) is 0.0184. The van der Waals surface area contributed by atoms with E-state index in [0.717, 1.165) is 11.0 Å².